The fourth-order valence-corrected chi connectivity index (χ4v) is 3.95. The van der Waals surface area contributed by atoms with Crippen LogP contribution in [0.25, 0.3) is 0 Å². The Morgan fingerprint density at radius 3 is 1.95 bits per heavy atom. The first-order valence-electron chi connectivity index (χ1n) is 7.37. The van der Waals surface area contributed by atoms with Crippen LogP contribution in [-0.4, -0.2) is 0 Å². The minimum Gasteiger partial charge on any atom is -0.207 e. The molecule has 2 rings (SSSR count). The summed E-state index contributed by atoms with van der Waals surface area (Å²) in [6.45, 7) is 4.29. The minimum absolute atomic E-state index is 0.183. The molecule has 0 radical (unpaired) electrons. The van der Waals surface area contributed by atoms with E-state index < -0.39 is 17.0 Å². The van der Waals surface area contributed by atoms with Gasteiger partial charge < -0.3 is 0 Å². The first kappa shape index (κ1) is 15.0. The maximum Gasteiger partial charge on any atom is 0.126 e. The molecule has 0 N–H and O–H groups in total. The lowest BCUT2D eigenvalue weighted by Gasteiger charge is -2.53. The second kappa shape index (κ2) is 5.52. The summed E-state index contributed by atoms with van der Waals surface area (Å²) in [5.41, 5.74) is -0.0182. The van der Waals surface area contributed by atoms with E-state index in [0.717, 1.165) is 44.6 Å². The van der Waals surface area contributed by atoms with Crippen LogP contribution >= 0.6 is 0 Å². The van der Waals surface area contributed by atoms with Crippen molar-refractivity contribution in [1.29, 1.82) is 5.26 Å². The number of nitriles is 1. The molecule has 0 bridgehead atoms. The van der Waals surface area contributed by atoms with Gasteiger partial charge in [0.15, 0.2) is 0 Å². The quantitative estimate of drug-likeness (QED) is 0.734. The zero-order valence-corrected chi connectivity index (χ0v) is 12.2. The van der Waals surface area contributed by atoms with Crippen LogP contribution in [0.2, 0.25) is 0 Å². The zero-order chi connectivity index (χ0) is 14.8. The van der Waals surface area contributed by atoms with Crippen LogP contribution in [-0.2, 0) is 5.41 Å². The molecule has 20 heavy (non-hydrogen) atoms. The predicted molar refractivity (Wildman–Crippen MR) is 75.1 cm³/mol. The molecule has 0 amide bonds. The number of halogens is 2. The van der Waals surface area contributed by atoms with E-state index in [4.69, 9.17) is 0 Å². The van der Waals surface area contributed by atoms with Gasteiger partial charge in [0, 0.05) is 6.07 Å². The number of benzene rings is 1. The van der Waals surface area contributed by atoms with E-state index in [1.165, 1.54) is 12.1 Å². The molecular weight excluding hydrogens is 256 g/mol. The van der Waals surface area contributed by atoms with Gasteiger partial charge in [0.2, 0.25) is 0 Å². The first-order valence-corrected chi connectivity index (χ1v) is 7.37. The average molecular weight is 277 g/mol. The van der Waals surface area contributed by atoms with Crippen molar-refractivity contribution in [1.82, 2.24) is 0 Å². The maximum atomic E-state index is 13.4. The summed E-state index contributed by atoms with van der Waals surface area (Å²) in [5.74, 6) is -1.20. The molecular formula is C17H21F2N. The summed E-state index contributed by atoms with van der Waals surface area (Å²) in [7, 11) is 0. The monoisotopic (exact) mass is 277 g/mol. The predicted octanol–water partition coefficient (Wildman–Crippen LogP) is 5.11. The summed E-state index contributed by atoms with van der Waals surface area (Å²) < 4.78 is 26.8. The van der Waals surface area contributed by atoms with Crippen LogP contribution in [0.3, 0.4) is 0 Å². The van der Waals surface area contributed by atoms with Crippen molar-refractivity contribution in [2.24, 2.45) is 5.41 Å². The van der Waals surface area contributed by atoms with Crippen molar-refractivity contribution in [2.45, 2.75) is 57.8 Å². The van der Waals surface area contributed by atoms with Crippen LogP contribution in [0.5, 0.6) is 0 Å². The first-order chi connectivity index (χ1) is 9.49. The molecule has 1 aliphatic rings. The third-order valence-corrected chi connectivity index (χ3v) is 4.54. The number of hydrogen-bond donors (Lipinski definition) is 0. The number of nitrogens with zero attached hydrogens (tertiary/aromatic N) is 1. The van der Waals surface area contributed by atoms with Gasteiger partial charge in [-0.2, -0.15) is 5.26 Å². The third-order valence-electron chi connectivity index (χ3n) is 4.54. The molecule has 0 unspecified atom stereocenters. The van der Waals surface area contributed by atoms with E-state index >= 15 is 0 Å². The Labute approximate surface area is 119 Å². The standard InChI is InChI=1S/C17H21F2N/c1-3-5-16(6-4-2)10-17(11-16,12-20)13-7-14(18)9-15(19)8-13/h7-9H,3-6,10-11H2,1-2H3. The summed E-state index contributed by atoms with van der Waals surface area (Å²) in [6.07, 6.45) is 5.78. The van der Waals surface area contributed by atoms with Gasteiger partial charge in [-0.25, -0.2) is 8.78 Å². The molecule has 1 nitrogen and oxygen atoms in total. The molecule has 108 valence electrons. The van der Waals surface area contributed by atoms with Gasteiger partial charge in [0.25, 0.3) is 0 Å². The van der Waals surface area contributed by atoms with Crippen LogP contribution in [0.4, 0.5) is 8.78 Å². The lowest BCUT2D eigenvalue weighted by molar-refractivity contribution is 0.0354. The third kappa shape index (κ3) is 2.57. The molecule has 0 saturated heterocycles. The van der Waals surface area contributed by atoms with Crippen LogP contribution in [0, 0.1) is 28.4 Å². The van der Waals surface area contributed by atoms with Crippen LogP contribution in [0.1, 0.15) is 57.9 Å². The molecule has 0 spiro atoms. The lowest BCUT2D eigenvalue weighted by Crippen LogP contribution is -2.49. The molecule has 0 aromatic heterocycles. The topological polar surface area (TPSA) is 23.8 Å². The second-order valence-electron chi connectivity index (χ2n) is 6.21. The zero-order valence-electron chi connectivity index (χ0n) is 12.2. The van der Waals surface area contributed by atoms with E-state index in [1.54, 1.807) is 0 Å². The molecule has 0 heterocycles. The van der Waals surface area contributed by atoms with Gasteiger partial charge in [0.1, 0.15) is 11.6 Å². The van der Waals surface area contributed by atoms with Crippen molar-refractivity contribution >= 4 is 0 Å². The van der Waals surface area contributed by atoms with E-state index in [2.05, 4.69) is 19.9 Å². The molecule has 1 aliphatic carbocycles. The van der Waals surface area contributed by atoms with E-state index in [9.17, 15) is 14.0 Å². The Hall–Kier alpha value is -1.43. The van der Waals surface area contributed by atoms with Gasteiger partial charge >= 0.3 is 0 Å². The molecule has 1 aromatic carbocycles. The Kier molecular flexibility index (Phi) is 4.13. The number of rotatable bonds is 5. The van der Waals surface area contributed by atoms with Gasteiger partial charge in [-0.05, 0) is 48.8 Å². The molecule has 3 heteroatoms. The highest BCUT2D eigenvalue weighted by atomic mass is 19.1. The van der Waals surface area contributed by atoms with Gasteiger partial charge in [0.05, 0.1) is 11.5 Å². The van der Waals surface area contributed by atoms with Crippen LogP contribution < -0.4 is 0 Å². The number of hydrogen-bond acceptors (Lipinski definition) is 1. The Morgan fingerprint density at radius 2 is 1.55 bits per heavy atom. The SMILES string of the molecule is CCCC1(CCC)CC(C#N)(c2cc(F)cc(F)c2)C1. The highest BCUT2D eigenvalue weighted by Crippen LogP contribution is 2.60. The Bertz CT molecular complexity index is 496. The molecule has 0 atom stereocenters. The van der Waals surface area contributed by atoms with Gasteiger partial charge in [-0.1, -0.05) is 26.7 Å². The highest BCUT2D eigenvalue weighted by Gasteiger charge is 2.54. The summed E-state index contributed by atoms with van der Waals surface area (Å²) in [5, 5.41) is 9.55. The maximum absolute atomic E-state index is 13.4. The van der Waals surface area contributed by atoms with Crippen LogP contribution in [0.15, 0.2) is 18.2 Å². The fraction of sp³-hybridized carbons (Fsp3) is 0.588. The van der Waals surface area contributed by atoms with Crippen molar-refractivity contribution in [3.63, 3.8) is 0 Å². The summed E-state index contributed by atoms with van der Waals surface area (Å²) in [6, 6.07) is 5.81. The minimum atomic E-state index is -0.701. The molecule has 1 fully saturated rings. The Balaban J connectivity index is 2.28. The van der Waals surface area contributed by atoms with E-state index in [-0.39, 0.29) is 5.41 Å². The largest absolute Gasteiger partial charge is 0.207 e. The smallest absolute Gasteiger partial charge is 0.126 e. The van der Waals surface area contributed by atoms with Crippen molar-refractivity contribution in [3.8, 4) is 6.07 Å². The van der Waals surface area contributed by atoms with Gasteiger partial charge in [-0.3, -0.25) is 0 Å². The molecule has 1 aromatic rings. The van der Waals surface area contributed by atoms with E-state index in [1.807, 2.05) is 0 Å². The second-order valence-corrected chi connectivity index (χ2v) is 6.21. The lowest BCUT2D eigenvalue weighted by atomic mass is 9.48. The molecule has 0 aliphatic heterocycles. The summed E-state index contributed by atoms with van der Waals surface area (Å²) >= 11 is 0. The molecule has 1 saturated carbocycles. The van der Waals surface area contributed by atoms with Gasteiger partial charge in [-0.15, -0.1) is 0 Å². The summed E-state index contributed by atoms with van der Waals surface area (Å²) in [4.78, 5) is 0. The van der Waals surface area contributed by atoms with Crippen molar-refractivity contribution in [2.75, 3.05) is 0 Å². The van der Waals surface area contributed by atoms with Crippen molar-refractivity contribution < 1.29 is 8.78 Å². The fourth-order valence-electron chi connectivity index (χ4n) is 3.95. The Morgan fingerprint density at radius 1 is 1.05 bits per heavy atom. The highest BCUT2D eigenvalue weighted by molar-refractivity contribution is 5.38. The average Bonchev–Trinajstić information content (AvgIpc) is 2.34. The van der Waals surface area contributed by atoms with E-state index in [0.29, 0.717) is 5.56 Å². The van der Waals surface area contributed by atoms with Crippen molar-refractivity contribution in [3.05, 3.63) is 35.4 Å². The normalized spacial score (nSPS) is 19.1.